The Bertz CT molecular complexity index is 547. The predicted molar refractivity (Wildman–Crippen MR) is 73.6 cm³/mol. The van der Waals surface area contributed by atoms with E-state index in [1.807, 2.05) is 0 Å². The van der Waals surface area contributed by atoms with Gasteiger partial charge in [-0.05, 0) is 24.1 Å². The fourth-order valence-corrected chi connectivity index (χ4v) is 2.52. The Hall–Kier alpha value is -1.86. The van der Waals surface area contributed by atoms with E-state index in [-0.39, 0.29) is 6.54 Å². The molecule has 2 rings (SSSR count). The maximum atomic E-state index is 13.4. The Morgan fingerprint density at radius 2 is 2.09 bits per heavy atom. The summed E-state index contributed by atoms with van der Waals surface area (Å²) in [5, 5.41) is 9.60. The summed E-state index contributed by atoms with van der Waals surface area (Å²) in [5.41, 5.74) is 1.20. The molecule has 0 radical (unpaired) electrons. The molecule has 1 N–H and O–H groups in total. The van der Waals surface area contributed by atoms with E-state index in [9.17, 15) is 23.5 Å². The topological polar surface area (TPSA) is 66.8 Å². The molecule has 0 bridgehead atoms. The van der Waals surface area contributed by atoms with Gasteiger partial charge in [0.2, 0.25) is 0 Å². The highest BCUT2D eigenvalue weighted by molar-refractivity contribution is 5.89. The van der Waals surface area contributed by atoms with Crippen molar-refractivity contribution in [2.75, 3.05) is 13.7 Å². The molecule has 1 saturated heterocycles. The van der Waals surface area contributed by atoms with Crippen molar-refractivity contribution in [3.05, 3.63) is 35.4 Å². The molecule has 0 aromatic heterocycles. The Labute approximate surface area is 126 Å². The number of ether oxygens (including phenoxy) is 1. The van der Waals surface area contributed by atoms with E-state index in [2.05, 4.69) is 4.74 Å². The monoisotopic (exact) mass is 313 g/mol. The second-order valence-corrected chi connectivity index (χ2v) is 5.22. The third kappa shape index (κ3) is 3.31. The van der Waals surface area contributed by atoms with Crippen LogP contribution >= 0.6 is 0 Å². The molecule has 1 aromatic rings. The Kier molecular flexibility index (Phi) is 4.87. The first kappa shape index (κ1) is 16.5. The number of aldehydes is 1. The number of halogens is 2. The van der Waals surface area contributed by atoms with E-state index >= 15 is 0 Å². The number of alkyl halides is 2. The van der Waals surface area contributed by atoms with Crippen LogP contribution in [0.15, 0.2) is 24.3 Å². The number of nitrogens with zero attached hydrogens (tertiary/aromatic N) is 1. The lowest BCUT2D eigenvalue weighted by atomic mass is 10.1. The highest BCUT2D eigenvalue weighted by Crippen LogP contribution is 2.36. The lowest BCUT2D eigenvalue weighted by molar-refractivity contribution is -0.134. The van der Waals surface area contributed by atoms with Crippen molar-refractivity contribution in [3.8, 4) is 0 Å². The van der Waals surface area contributed by atoms with Gasteiger partial charge in [0.15, 0.2) is 6.23 Å². The Morgan fingerprint density at radius 1 is 1.45 bits per heavy atom. The Balaban J connectivity index is 2.00. The van der Waals surface area contributed by atoms with Gasteiger partial charge in [-0.25, -0.2) is 13.6 Å². The molecule has 0 amide bonds. The molecular weight excluding hydrogens is 296 g/mol. The molecule has 1 fully saturated rings. The first-order chi connectivity index (χ1) is 10.4. The number of benzene rings is 1. The molecule has 1 aromatic carbocycles. The average molecular weight is 313 g/mol. The molecule has 1 aliphatic heterocycles. The molecule has 1 unspecified atom stereocenters. The Morgan fingerprint density at radius 3 is 2.64 bits per heavy atom. The van der Waals surface area contributed by atoms with E-state index in [1.165, 1.54) is 7.11 Å². The minimum Gasteiger partial charge on any atom is -0.465 e. The second-order valence-electron chi connectivity index (χ2n) is 5.22. The van der Waals surface area contributed by atoms with Crippen LogP contribution in [0.5, 0.6) is 0 Å². The van der Waals surface area contributed by atoms with Crippen molar-refractivity contribution in [2.45, 2.75) is 31.0 Å². The number of aliphatic hydroxyl groups is 1. The minimum absolute atomic E-state index is 0.123. The number of likely N-dealkylation sites (tertiary alicyclic amines) is 1. The molecule has 2 atom stereocenters. The van der Waals surface area contributed by atoms with Crippen molar-refractivity contribution in [1.29, 1.82) is 0 Å². The van der Waals surface area contributed by atoms with Crippen molar-refractivity contribution < 1.29 is 28.2 Å². The van der Waals surface area contributed by atoms with Crippen LogP contribution in [0.2, 0.25) is 0 Å². The van der Waals surface area contributed by atoms with Gasteiger partial charge in [-0.3, -0.25) is 4.90 Å². The summed E-state index contributed by atoms with van der Waals surface area (Å²) < 4.78 is 31.4. The summed E-state index contributed by atoms with van der Waals surface area (Å²) in [4.78, 5) is 23.3. The molecule has 1 heterocycles. The van der Waals surface area contributed by atoms with E-state index in [0.29, 0.717) is 18.3 Å². The van der Waals surface area contributed by atoms with E-state index in [0.717, 1.165) is 10.5 Å². The van der Waals surface area contributed by atoms with E-state index in [1.54, 1.807) is 24.3 Å². The van der Waals surface area contributed by atoms with Gasteiger partial charge in [-0.1, -0.05) is 12.1 Å². The number of carbonyl (C=O) groups is 2. The highest BCUT2D eigenvalue weighted by Gasteiger charge is 2.53. The fourth-order valence-electron chi connectivity index (χ4n) is 2.52. The first-order valence-electron chi connectivity index (χ1n) is 6.83. The third-order valence-corrected chi connectivity index (χ3v) is 3.79. The van der Waals surface area contributed by atoms with Crippen LogP contribution in [0.25, 0.3) is 0 Å². The van der Waals surface area contributed by atoms with Crippen molar-refractivity contribution >= 4 is 12.3 Å². The van der Waals surface area contributed by atoms with Crippen molar-refractivity contribution in [1.82, 2.24) is 4.90 Å². The van der Waals surface area contributed by atoms with Gasteiger partial charge in [0.25, 0.3) is 5.92 Å². The smallest absolute Gasteiger partial charge is 0.337 e. The minimum atomic E-state index is -3.28. The normalized spacial score (nSPS) is 24.2. The van der Waals surface area contributed by atoms with Crippen molar-refractivity contribution in [2.24, 2.45) is 0 Å². The molecule has 22 heavy (non-hydrogen) atoms. The van der Waals surface area contributed by atoms with Gasteiger partial charge in [-0.15, -0.1) is 0 Å². The zero-order valence-electron chi connectivity index (χ0n) is 12.0. The van der Waals surface area contributed by atoms with Gasteiger partial charge in [0.1, 0.15) is 6.29 Å². The van der Waals surface area contributed by atoms with Crippen LogP contribution in [-0.2, 0) is 16.0 Å². The number of hydrogen-bond donors (Lipinski definition) is 1. The van der Waals surface area contributed by atoms with Gasteiger partial charge >= 0.3 is 5.97 Å². The molecule has 0 spiro atoms. The molecular formula is C15H17F2NO4. The summed E-state index contributed by atoms with van der Waals surface area (Å²) >= 11 is 0. The van der Waals surface area contributed by atoms with Gasteiger partial charge in [-0.2, -0.15) is 0 Å². The maximum Gasteiger partial charge on any atom is 0.337 e. The molecule has 0 saturated carbocycles. The molecule has 5 nitrogen and oxygen atoms in total. The zero-order valence-corrected chi connectivity index (χ0v) is 12.0. The summed E-state index contributed by atoms with van der Waals surface area (Å²) in [5.74, 6) is -3.73. The van der Waals surface area contributed by atoms with E-state index < -0.39 is 30.6 Å². The van der Waals surface area contributed by atoms with Gasteiger partial charge < -0.3 is 14.6 Å². The van der Waals surface area contributed by atoms with Crippen LogP contribution in [0.1, 0.15) is 22.3 Å². The molecule has 7 heteroatoms. The molecule has 1 aliphatic rings. The lowest BCUT2D eigenvalue weighted by Gasteiger charge is -2.24. The first-order valence-corrected chi connectivity index (χ1v) is 6.83. The number of carbonyl (C=O) groups excluding carboxylic acids is 2. The number of hydrogen-bond acceptors (Lipinski definition) is 5. The number of rotatable bonds is 5. The molecule has 120 valence electrons. The SMILES string of the molecule is COC(=O)c1ccc(CCN2C(O)C(F)(F)C[C@@H]2C=O)cc1. The number of esters is 1. The van der Waals surface area contributed by atoms with Gasteiger partial charge in [0.05, 0.1) is 18.7 Å². The van der Waals surface area contributed by atoms with Crippen LogP contribution in [-0.4, -0.2) is 54.1 Å². The summed E-state index contributed by atoms with van der Waals surface area (Å²) in [6.45, 7) is 0.123. The fraction of sp³-hybridized carbons (Fsp3) is 0.467. The number of methoxy groups -OCH3 is 1. The van der Waals surface area contributed by atoms with Crippen LogP contribution < -0.4 is 0 Å². The average Bonchev–Trinajstić information content (AvgIpc) is 2.75. The highest BCUT2D eigenvalue weighted by atomic mass is 19.3. The lowest BCUT2D eigenvalue weighted by Crippen LogP contribution is -2.42. The standard InChI is InChI=1S/C15H17F2NO4/c1-22-13(20)11-4-2-10(3-5-11)6-7-18-12(9-19)8-15(16,17)14(18)21/h2-5,9,12,14,21H,6-8H2,1H3/t12-,14?/m1/s1. The third-order valence-electron chi connectivity index (χ3n) is 3.79. The van der Waals surface area contributed by atoms with Gasteiger partial charge in [0, 0.05) is 13.0 Å². The number of aliphatic hydroxyl groups excluding tert-OH is 1. The van der Waals surface area contributed by atoms with Crippen LogP contribution in [0.3, 0.4) is 0 Å². The predicted octanol–water partition coefficient (Wildman–Crippen LogP) is 1.24. The molecule has 0 aliphatic carbocycles. The second kappa shape index (κ2) is 6.50. The van der Waals surface area contributed by atoms with Crippen molar-refractivity contribution in [3.63, 3.8) is 0 Å². The summed E-state index contributed by atoms with van der Waals surface area (Å²) in [7, 11) is 1.28. The van der Waals surface area contributed by atoms with E-state index in [4.69, 9.17) is 0 Å². The maximum absolute atomic E-state index is 13.4. The largest absolute Gasteiger partial charge is 0.465 e. The quantitative estimate of drug-likeness (QED) is 0.654. The zero-order chi connectivity index (χ0) is 16.3. The summed E-state index contributed by atoms with van der Waals surface area (Å²) in [6.07, 6.45) is -1.81. The summed E-state index contributed by atoms with van der Waals surface area (Å²) in [6, 6.07) is 5.53. The van der Waals surface area contributed by atoms with Crippen LogP contribution in [0, 0.1) is 0 Å². The van der Waals surface area contributed by atoms with Crippen LogP contribution in [0.4, 0.5) is 8.78 Å².